The minimum Gasteiger partial charge on any atom is -0.379 e. The maximum atomic E-state index is 12.6. The van der Waals surface area contributed by atoms with Gasteiger partial charge < -0.3 is 10.1 Å². The molecule has 0 saturated carbocycles. The van der Waals surface area contributed by atoms with Crippen molar-refractivity contribution in [2.75, 3.05) is 39.4 Å². The third kappa shape index (κ3) is 1.84. The van der Waals surface area contributed by atoms with E-state index < -0.39 is 5.41 Å². The normalized spacial score (nSPS) is 29.2. The van der Waals surface area contributed by atoms with E-state index in [1.807, 2.05) is 5.01 Å². The number of carbonyl (C=O) groups is 2. The molecule has 3 aliphatic rings. The number of rotatable bonds is 1. The summed E-state index contributed by atoms with van der Waals surface area (Å²) in [4.78, 5) is 24.7. The molecule has 6 heteroatoms. The lowest BCUT2D eigenvalue weighted by Gasteiger charge is -2.36. The molecule has 0 aromatic rings. The van der Waals surface area contributed by atoms with E-state index in [0.717, 1.165) is 25.9 Å². The molecule has 3 fully saturated rings. The summed E-state index contributed by atoms with van der Waals surface area (Å²) in [6, 6.07) is 0. The fourth-order valence-electron chi connectivity index (χ4n) is 3.11. The zero-order valence-corrected chi connectivity index (χ0v) is 10.5. The van der Waals surface area contributed by atoms with Crippen molar-refractivity contribution in [2.45, 2.75) is 19.3 Å². The first kappa shape index (κ1) is 12.1. The summed E-state index contributed by atoms with van der Waals surface area (Å²) in [7, 11) is 0. The quantitative estimate of drug-likeness (QED) is 0.630. The first-order chi connectivity index (χ1) is 8.73. The number of nitrogens with zero attached hydrogens (tertiary/aromatic N) is 2. The number of hydrogen-bond donors (Lipinski definition) is 1. The number of hydrazine groups is 1. The molecule has 3 heterocycles. The average Bonchev–Trinajstić information content (AvgIpc) is 2.63. The van der Waals surface area contributed by atoms with E-state index in [0.29, 0.717) is 32.7 Å². The number of imide groups is 1. The first-order valence-electron chi connectivity index (χ1n) is 6.64. The molecule has 6 nitrogen and oxygen atoms in total. The van der Waals surface area contributed by atoms with Crippen LogP contribution in [0.25, 0.3) is 0 Å². The Kier molecular flexibility index (Phi) is 3.09. The van der Waals surface area contributed by atoms with Crippen molar-refractivity contribution in [3.63, 3.8) is 0 Å². The molecule has 0 aliphatic carbocycles. The highest BCUT2D eigenvalue weighted by atomic mass is 16.5. The van der Waals surface area contributed by atoms with Crippen molar-refractivity contribution in [3.05, 3.63) is 0 Å². The molecule has 0 aromatic heterocycles. The summed E-state index contributed by atoms with van der Waals surface area (Å²) in [6.45, 7) is 4.10. The van der Waals surface area contributed by atoms with Gasteiger partial charge in [-0.15, -0.1) is 0 Å². The smallest absolute Gasteiger partial charge is 0.250 e. The Labute approximate surface area is 106 Å². The van der Waals surface area contributed by atoms with Crippen LogP contribution >= 0.6 is 0 Å². The van der Waals surface area contributed by atoms with Crippen LogP contribution in [-0.4, -0.2) is 61.2 Å². The van der Waals surface area contributed by atoms with Gasteiger partial charge in [-0.25, -0.2) is 10.0 Å². The van der Waals surface area contributed by atoms with Crippen LogP contribution in [0.1, 0.15) is 19.3 Å². The number of ether oxygens (including phenoxy) is 1. The van der Waals surface area contributed by atoms with Gasteiger partial charge in [-0.05, 0) is 25.9 Å². The third-order valence-electron chi connectivity index (χ3n) is 4.20. The van der Waals surface area contributed by atoms with E-state index in [1.54, 1.807) is 0 Å². The molecule has 3 rings (SSSR count). The predicted octanol–water partition coefficient (Wildman–Crippen LogP) is -0.638. The van der Waals surface area contributed by atoms with Crippen molar-refractivity contribution in [3.8, 4) is 0 Å². The zero-order chi connectivity index (χ0) is 12.6. The molecule has 100 valence electrons. The molecule has 0 bridgehead atoms. The van der Waals surface area contributed by atoms with Gasteiger partial charge in [-0.1, -0.05) is 0 Å². The molecule has 0 atom stereocenters. The minimum atomic E-state index is -0.430. The van der Waals surface area contributed by atoms with Crippen LogP contribution in [0.5, 0.6) is 0 Å². The lowest BCUT2D eigenvalue weighted by molar-refractivity contribution is -0.167. The van der Waals surface area contributed by atoms with Crippen molar-refractivity contribution in [2.24, 2.45) is 5.41 Å². The van der Waals surface area contributed by atoms with E-state index in [2.05, 4.69) is 5.32 Å². The van der Waals surface area contributed by atoms with Gasteiger partial charge in [0.1, 0.15) is 0 Å². The summed E-state index contributed by atoms with van der Waals surface area (Å²) in [6.07, 6.45) is 1.93. The van der Waals surface area contributed by atoms with E-state index in [-0.39, 0.29) is 11.8 Å². The highest BCUT2D eigenvalue weighted by Crippen LogP contribution is 2.41. The highest BCUT2D eigenvalue weighted by molar-refractivity contribution is 6.05. The predicted molar refractivity (Wildman–Crippen MR) is 63.4 cm³/mol. The van der Waals surface area contributed by atoms with Crippen LogP contribution in [0, 0.1) is 5.41 Å². The molecule has 18 heavy (non-hydrogen) atoms. The molecular formula is C12H19N3O3. The summed E-state index contributed by atoms with van der Waals surface area (Å²) >= 11 is 0. The maximum Gasteiger partial charge on any atom is 0.250 e. The lowest BCUT2D eigenvalue weighted by atomic mass is 9.77. The van der Waals surface area contributed by atoms with Crippen molar-refractivity contribution in [1.29, 1.82) is 0 Å². The fourth-order valence-corrected chi connectivity index (χ4v) is 3.11. The highest BCUT2D eigenvalue weighted by Gasteiger charge is 2.53. The van der Waals surface area contributed by atoms with Gasteiger partial charge in [0.05, 0.1) is 18.6 Å². The molecule has 0 aromatic carbocycles. The van der Waals surface area contributed by atoms with Crippen molar-refractivity contribution >= 4 is 11.8 Å². The van der Waals surface area contributed by atoms with Gasteiger partial charge in [0.25, 0.3) is 5.91 Å². The van der Waals surface area contributed by atoms with Crippen molar-refractivity contribution in [1.82, 2.24) is 15.3 Å². The Morgan fingerprint density at radius 1 is 1.11 bits per heavy atom. The van der Waals surface area contributed by atoms with E-state index >= 15 is 0 Å². The van der Waals surface area contributed by atoms with Crippen LogP contribution in [0.3, 0.4) is 0 Å². The zero-order valence-electron chi connectivity index (χ0n) is 10.5. The topological polar surface area (TPSA) is 61.9 Å². The van der Waals surface area contributed by atoms with Gasteiger partial charge in [0.2, 0.25) is 5.91 Å². The van der Waals surface area contributed by atoms with Crippen LogP contribution in [0.2, 0.25) is 0 Å². The van der Waals surface area contributed by atoms with E-state index in [9.17, 15) is 9.59 Å². The summed E-state index contributed by atoms with van der Waals surface area (Å²) in [5.74, 6) is -0.0281. The second kappa shape index (κ2) is 4.60. The van der Waals surface area contributed by atoms with E-state index in [1.165, 1.54) is 5.01 Å². The third-order valence-corrected chi connectivity index (χ3v) is 4.20. The number of amides is 2. The maximum absolute atomic E-state index is 12.6. The van der Waals surface area contributed by atoms with Crippen LogP contribution in [-0.2, 0) is 14.3 Å². The Balaban J connectivity index is 1.79. The number of piperidine rings is 1. The molecule has 0 unspecified atom stereocenters. The van der Waals surface area contributed by atoms with Gasteiger partial charge in [-0.2, -0.15) is 0 Å². The summed E-state index contributed by atoms with van der Waals surface area (Å²) in [5.41, 5.74) is -0.430. The van der Waals surface area contributed by atoms with E-state index in [4.69, 9.17) is 4.74 Å². The number of hydrogen-bond acceptors (Lipinski definition) is 5. The SMILES string of the molecule is O=C1CC2(CCNCC2)C(=O)N1N1CCOCC1. The Morgan fingerprint density at radius 3 is 2.44 bits per heavy atom. The van der Waals surface area contributed by atoms with Crippen molar-refractivity contribution < 1.29 is 14.3 Å². The number of morpholine rings is 1. The fraction of sp³-hybridized carbons (Fsp3) is 0.833. The second-order valence-electron chi connectivity index (χ2n) is 5.28. The second-order valence-corrected chi connectivity index (χ2v) is 5.28. The van der Waals surface area contributed by atoms with Crippen LogP contribution in [0.15, 0.2) is 0 Å². The summed E-state index contributed by atoms with van der Waals surface area (Å²) in [5, 5.41) is 6.50. The van der Waals surface area contributed by atoms with Gasteiger partial charge in [0, 0.05) is 19.5 Å². The van der Waals surface area contributed by atoms with Gasteiger partial charge in [0.15, 0.2) is 0 Å². The number of nitrogens with one attached hydrogen (secondary N) is 1. The standard InChI is InChI=1S/C12H19N3O3/c16-10-9-12(1-3-13-4-2-12)11(17)15(10)14-5-7-18-8-6-14/h13H,1-9H2. The monoisotopic (exact) mass is 253 g/mol. The summed E-state index contributed by atoms with van der Waals surface area (Å²) < 4.78 is 5.27. The lowest BCUT2D eigenvalue weighted by Crippen LogP contribution is -2.53. The Hall–Kier alpha value is -0.980. The molecular weight excluding hydrogens is 234 g/mol. The molecule has 2 amide bonds. The molecule has 1 N–H and O–H groups in total. The molecule has 1 spiro atoms. The minimum absolute atomic E-state index is 0.0101. The largest absolute Gasteiger partial charge is 0.379 e. The Morgan fingerprint density at radius 2 is 1.78 bits per heavy atom. The molecule has 3 saturated heterocycles. The molecule has 3 aliphatic heterocycles. The first-order valence-corrected chi connectivity index (χ1v) is 6.64. The van der Waals surface area contributed by atoms with Gasteiger partial charge in [-0.3, -0.25) is 9.59 Å². The van der Waals surface area contributed by atoms with Gasteiger partial charge >= 0.3 is 0 Å². The van der Waals surface area contributed by atoms with Crippen LogP contribution in [0.4, 0.5) is 0 Å². The van der Waals surface area contributed by atoms with Crippen LogP contribution < -0.4 is 5.32 Å². The number of carbonyl (C=O) groups excluding carboxylic acids is 2. The average molecular weight is 253 g/mol. The molecule has 0 radical (unpaired) electrons. The Bertz CT molecular complexity index is 360.